The van der Waals surface area contributed by atoms with E-state index in [4.69, 9.17) is 9.47 Å². The molecule has 23 heavy (non-hydrogen) atoms. The highest BCUT2D eigenvalue weighted by atomic mass is 16.5. The minimum absolute atomic E-state index is 0.386. The molecule has 0 fully saturated rings. The van der Waals surface area contributed by atoms with Crippen LogP contribution in [-0.4, -0.2) is 34.8 Å². The second-order valence-corrected chi connectivity index (χ2v) is 5.30. The number of hydrogen-bond donors (Lipinski definition) is 0. The molecule has 0 N–H and O–H groups in total. The van der Waals surface area contributed by atoms with Crippen molar-refractivity contribution in [1.82, 2.24) is 14.6 Å². The Hall–Kier alpha value is -2.89. The van der Waals surface area contributed by atoms with Gasteiger partial charge in [-0.2, -0.15) is 5.10 Å². The molecule has 0 aliphatic carbocycles. The van der Waals surface area contributed by atoms with E-state index in [1.807, 2.05) is 32.2 Å². The minimum Gasteiger partial charge on any atom is -0.497 e. The highest BCUT2D eigenvalue weighted by Gasteiger charge is 2.17. The molecule has 3 aromatic rings. The number of esters is 1. The molecule has 1 aromatic carbocycles. The van der Waals surface area contributed by atoms with E-state index < -0.39 is 5.97 Å². The molecule has 6 nitrogen and oxygen atoms in total. The molecule has 118 valence electrons. The summed E-state index contributed by atoms with van der Waals surface area (Å²) in [6.07, 6.45) is 3.27. The minimum atomic E-state index is -0.436. The van der Waals surface area contributed by atoms with Gasteiger partial charge in [-0.05, 0) is 48.7 Å². The van der Waals surface area contributed by atoms with Gasteiger partial charge in [0.2, 0.25) is 0 Å². The number of fused-ring (bicyclic) bond motifs is 1. The van der Waals surface area contributed by atoms with Gasteiger partial charge < -0.3 is 9.47 Å². The Morgan fingerprint density at radius 3 is 2.43 bits per heavy atom. The third kappa shape index (κ3) is 2.52. The topological polar surface area (TPSA) is 65.7 Å². The smallest absolute Gasteiger partial charge is 0.341 e. The van der Waals surface area contributed by atoms with Crippen LogP contribution in [0.1, 0.15) is 21.5 Å². The number of rotatable bonds is 3. The standard InChI is InChI=1S/C17H17N3O3/c1-10-5-13(22-3)6-11(2)15(10)12-7-14(17(21)23-4)16-18-9-19-20(16)8-12/h5-9H,1-4H3. The average Bonchev–Trinajstić information content (AvgIpc) is 3.01. The summed E-state index contributed by atoms with van der Waals surface area (Å²) in [7, 11) is 3.00. The zero-order valence-electron chi connectivity index (χ0n) is 13.5. The Morgan fingerprint density at radius 1 is 1.13 bits per heavy atom. The van der Waals surface area contributed by atoms with Gasteiger partial charge in [-0.25, -0.2) is 14.3 Å². The van der Waals surface area contributed by atoms with Crippen LogP contribution in [0, 0.1) is 13.8 Å². The van der Waals surface area contributed by atoms with Gasteiger partial charge in [0.25, 0.3) is 0 Å². The van der Waals surface area contributed by atoms with Gasteiger partial charge in [0.1, 0.15) is 17.6 Å². The highest BCUT2D eigenvalue weighted by Crippen LogP contribution is 2.32. The van der Waals surface area contributed by atoms with Crippen molar-refractivity contribution in [2.24, 2.45) is 0 Å². The van der Waals surface area contributed by atoms with Crippen molar-refractivity contribution in [2.45, 2.75) is 13.8 Å². The van der Waals surface area contributed by atoms with Crippen molar-refractivity contribution < 1.29 is 14.3 Å². The van der Waals surface area contributed by atoms with E-state index in [9.17, 15) is 4.79 Å². The van der Waals surface area contributed by atoms with Crippen LogP contribution in [0.5, 0.6) is 5.75 Å². The van der Waals surface area contributed by atoms with Crippen LogP contribution < -0.4 is 4.74 Å². The van der Waals surface area contributed by atoms with E-state index >= 15 is 0 Å². The normalized spacial score (nSPS) is 10.8. The largest absolute Gasteiger partial charge is 0.497 e. The summed E-state index contributed by atoms with van der Waals surface area (Å²) in [6.45, 7) is 4.02. The maximum Gasteiger partial charge on any atom is 0.341 e. The van der Waals surface area contributed by atoms with Crippen LogP contribution in [0.15, 0.2) is 30.7 Å². The lowest BCUT2D eigenvalue weighted by Gasteiger charge is -2.13. The number of benzene rings is 1. The predicted molar refractivity (Wildman–Crippen MR) is 85.8 cm³/mol. The fourth-order valence-electron chi connectivity index (χ4n) is 2.82. The van der Waals surface area contributed by atoms with E-state index in [0.29, 0.717) is 11.2 Å². The molecule has 0 aliphatic heterocycles. The van der Waals surface area contributed by atoms with Gasteiger partial charge in [0.15, 0.2) is 5.65 Å². The van der Waals surface area contributed by atoms with Gasteiger partial charge in [-0.15, -0.1) is 0 Å². The maximum absolute atomic E-state index is 12.1. The number of ether oxygens (including phenoxy) is 2. The Kier molecular flexibility index (Phi) is 3.73. The van der Waals surface area contributed by atoms with Crippen LogP contribution >= 0.6 is 0 Å². The number of methoxy groups -OCH3 is 2. The summed E-state index contributed by atoms with van der Waals surface area (Å²) in [6, 6.07) is 5.72. The maximum atomic E-state index is 12.1. The van der Waals surface area contributed by atoms with Gasteiger partial charge >= 0.3 is 5.97 Å². The molecule has 2 heterocycles. The molecular weight excluding hydrogens is 294 g/mol. The molecule has 0 aliphatic rings. The zero-order chi connectivity index (χ0) is 16.6. The van der Waals surface area contributed by atoms with E-state index in [0.717, 1.165) is 28.0 Å². The van der Waals surface area contributed by atoms with Crippen molar-refractivity contribution in [3.8, 4) is 16.9 Å². The number of aryl methyl sites for hydroxylation is 2. The molecule has 0 unspecified atom stereocenters. The van der Waals surface area contributed by atoms with Crippen molar-refractivity contribution in [3.63, 3.8) is 0 Å². The lowest BCUT2D eigenvalue weighted by atomic mass is 9.95. The van der Waals surface area contributed by atoms with Crippen molar-refractivity contribution in [2.75, 3.05) is 14.2 Å². The van der Waals surface area contributed by atoms with Crippen LogP contribution in [-0.2, 0) is 4.74 Å². The first-order valence-electron chi connectivity index (χ1n) is 7.12. The lowest BCUT2D eigenvalue weighted by molar-refractivity contribution is 0.0602. The second kappa shape index (κ2) is 5.72. The van der Waals surface area contributed by atoms with Gasteiger partial charge in [-0.1, -0.05) is 0 Å². The molecule has 0 amide bonds. The number of pyridine rings is 1. The molecule has 0 saturated heterocycles. The van der Waals surface area contributed by atoms with Crippen LogP contribution in [0.4, 0.5) is 0 Å². The van der Waals surface area contributed by atoms with Crippen LogP contribution in [0.25, 0.3) is 16.8 Å². The fourth-order valence-corrected chi connectivity index (χ4v) is 2.82. The molecule has 3 rings (SSSR count). The monoisotopic (exact) mass is 311 g/mol. The number of hydrogen-bond acceptors (Lipinski definition) is 5. The van der Waals surface area contributed by atoms with Crippen molar-refractivity contribution in [1.29, 1.82) is 0 Å². The summed E-state index contributed by atoms with van der Waals surface area (Å²) in [5.41, 5.74) is 4.88. The van der Waals surface area contributed by atoms with E-state index in [-0.39, 0.29) is 0 Å². The molecule has 0 atom stereocenters. The molecule has 0 radical (unpaired) electrons. The Bertz CT molecular complexity index is 876. The molecule has 0 saturated carbocycles. The fraction of sp³-hybridized carbons (Fsp3) is 0.235. The van der Waals surface area contributed by atoms with Crippen molar-refractivity contribution in [3.05, 3.63) is 47.4 Å². The molecule has 2 aromatic heterocycles. The predicted octanol–water partition coefficient (Wildman–Crippen LogP) is 2.81. The molecule has 0 spiro atoms. The molecule has 6 heteroatoms. The average molecular weight is 311 g/mol. The Labute approximate surface area is 133 Å². The molecular formula is C17H17N3O3. The number of carbonyl (C=O) groups excluding carboxylic acids is 1. The van der Waals surface area contributed by atoms with E-state index in [2.05, 4.69) is 10.1 Å². The quantitative estimate of drug-likeness (QED) is 0.696. The third-order valence-electron chi connectivity index (χ3n) is 3.81. The SMILES string of the molecule is COC(=O)c1cc(-c2c(C)cc(OC)cc2C)cn2ncnc12. The van der Waals surface area contributed by atoms with Crippen LogP contribution in [0.2, 0.25) is 0 Å². The molecule has 0 bridgehead atoms. The number of aromatic nitrogens is 3. The third-order valence-corrected chi connectivity index (χ3v) is 3.81. The zero-order valence-corrected chi connectivity index (χ0v) is 13.5. The summed E-state index contributed by atoms with van der Waals surface area (Å²) in [5.74, 6) is 0.368. The van der Waals surface area contributed by atoms with E-state index in [1.54, 1.807) is 17.7 Å². The van der Waals surface area contributed by atoms with Gasteiger partial charge in [0.05, 0.1) is 14.2 Å². The van der Waals surface area contributed by atoms with Crippen LogP contribution in [0.3, 0.4) is 0 Å². The highest BCUT2D eigenvalue weighted by molar-refractivity contribution is 5.97. The summed E-state index contributed by atoms with van der Waals surface area (Å²) >= 11 is 0. The Morgan fingerprint density at radius 2 is 1.83 bits per heavy atom. The van der Waals surface area contributed by atoms with Gasteiger partial charge in [-0.3, -0.25) is 0 Å². The summed E-state index contributed by atoms with van der Waals surface area (Å²) in [4.78, 5) is 16.2. The summed E-state index contributed by atoms with van der Waals surface area (Å²) < 4.78 is 11.8. The van der Waals surface area contributed by atoms with E-state index in [1.165, 1.54) is 13.4 Å². The number of carbonyl (C=O) groups is 1. The van der Waals surface area contributed by atoms with Crippen molar-refractivity contribution >= 4 is 11.6 Å². The number of nitrogens with zero attached hydrogens (tertiary/aromatic N) is 3. The first-order valence-corrected chi connectivity index (χ1v) is 7.12. The Balaban J connectivity index is 2.27. The first-order chi connectivity index (χ1) is 11.0. The second-order valence-electron chi connectivity index (χ2n) is 5.30. The first kappa shape index (κ1) is 15.0. The van der Waals surface area contributed by atoms with Gasteiger partial charge in [0, 0.05) is 11.8 Å². The summed E-state index contributed by atoms with van der Waals surface area (Å²) in [5, 5.41) is 4.15. The lowest BCUT2D eigenvalue weighted by Crippen LogP contribution is -2.06.